The van der Waals surface area contributed by atoms with E-state index in [-0.39, 0.29) is 12.0 Å². The molecule has 0 heterocycles. The first-order chi connectivity index (χ1) is 5.91. The van der Waals surface area contributed by atoms with Crippen LogP contribution < -0.4 is 5.14 Å². The third kappa shape index (κ3) is 2.91. The molecule has 0 radical (unpaired) electrons. The number of hydrogen-bond acceptors (Lipinski definition) is 3. The highest BCUT2D eigenvalue weighted by Crippen LogP contribution is 2.26. The Kier molecular flexibility index (Phi) is 3.28. The summed E-state index contributed by atoms with van der Waals surface area (Å²) in [5.41, 5.74) is 0. The van der Waals surface area contributed by atoms with Gasteiger partial charge < -0.3 is 5.11 Å². The van der Waals surface area contributed by atoms with Gasteiger partial charge in [0.1, 0.15) is 0 Å². The molecule has 78 valence electrons. The molecule has 0 amide bonds. The van der Waals surface area contributed by atoms with Crippen LogP contribution >= 0.6 is 0 Å². The minimum absolute atomic E-state index is 0.0447. The smallest absolute Gasteiger partial charge is 0.276 e. The van der Waals surface area contributed by atoms with Crippen LogP contribution in [0.25, 0.3) is 0 Å². The lowest BCUT2D eigenvalue weighted by atomic mass is 10.1. The van der Waals surface area contributed by atoms with E-state index in [2.05, 4.69) is 0 Å². The number of aliphatic hydroxyl groups is 1. The fourth-order valence-electron chi connectivity index (χ4n) is 1.66. The summed E-state index contributed by atoms with van der Waals surface area (Å²) in [5, 5.41) is 14.4. The summed E-state index contributed by atoms with van der Waals surface area (Å²) >= 11 is 0. The Bertz CT molecular complexity index is 265. The van der Waals surface area contributed by atoms with Crippen molar-refractivity contribution in [1.82, 2.24) is 4.31 Å². The average Bonchev–Trinajstić information content (AvgIpc) is 2.34. The number of nitrogens with zero attached hydrogens (tertiary/aromatic N) is 1. The molecule has 0 saturated heterocycles. The van der Waals surface area contributed by atoms with Gasteiger partial charge in [-0.25, -0.2) is 5.14 Å². The predicted octanol–water partition coefficient (Wildman–Crippen LogP) is -0.717. The molecule has 0 aliphatic heterocycles. The van der Waals surface area contributed by atoms with E-state index >= 15 is 0 Å². The van der Waals surface area contributed by atoms with Crippen LogP contribution in [0, 0.1) is 5.92 Å². The van der Waals surface area contributed by atoms with Crippen molar-refractivity contribution in [3.05, 3.63) is 0 Å². The van der Waals surface area contributed by atoms with Gasteiger partial charge in [-0.15, -0.1) is 0 Å². The molecule has 0 spiro atoms. The maximum absolute atomic E-state index is 10.8. The van der Waals surface area contributed by atoms with Crippen molar-refractivity contribution in [3.63, 3.8) is 0 Å². The summed E-state index contributed by atoms with van der Waals surface area (Å²) in [7, 11) is -2.16. The van der Waals surface area contributed by atoms with Crippen LogP contribution in [0.2, 0.25) is 0 Å². The molecule has 1 aliphatic rings. The molecule has 1 saturated carbocycles. The van der Waals surface area contributed by atoms with E-state index in [1.165, 1.54) is 7.05 Å². The van der Waals surface area contributed by atoms with Crippen molar-refractivity contribution in [2.24, 2.45) is 11.1 Å². The lowest BCUT2D eigenvalue weighted by Crippen LogP contribution is -2.38. The van der Waals surface area contributed by atoms with Gasteiger partial charge in [-0.1, -0.05) is 6.42 Å². The maximum Gasteiger partial charge on any atom is 0.276 e. The molecule has 5 nitrogen and oxygen atoms in total. The highest BCUT2D eigenvalue weighted by Gasteiger charge is 2.28. The summed E-state index contributed by atoms with van der Waals surface area (Å²) in [6.07, 6.45) is 2.23. The van der Waals surface area contributed by atoms with E-state index in [9.17, 15) is 13.5 Å². The Hall–Kier alpha value is -0.170. The van der Waals surface area contributed by atoms with E-state index in [1.54, 1.807) is 0 Å². The van der Waals surface area contributed by atoms with Crippen LogP contribution in [0.3, 0.4) is 0 Å². The normalized spacial score (nSPS) is 29.8. The van der Waals surface area contributed by atoms with Crippen LogP contribution in [0.15, 0.2) is 0 Å². The number of hydrogen-bond donors (Lipinski definition) is 2. The Labute approximate surface area is 78.7 Å². The van der Waals surface area contributed by atoms with E-state index in [1.807, 2.05) is 0 Å². The molecule has 0 aromatic carbocycles. The van der Waals surface area contributed by atoms with Gasteiger partial charge in [0, 0.05) is 13.6 Å². The average molecular weight is 208 g/mol. The number of aliphatic hydroxyl groups excluding tert-OH is 1. The van der Waals surface area contributed by atoms with Gasteiger partial charge in [0.25, 0.3) is 10.2 Å². The minimum Gasteiger partial charge on any atom is -0.393 e. The SMILES string of the molecule is CN(CC1CCCC1O)S(N)(=O)=O. The molecule has 2 unspecified atom stereocenters. The second kappa shape index (κ2) is 3.91. The summed E-state index contributed by atoms with van der Waals surface area (Å²) < 4.78 is 22.8. The molecule has 1 rings (SSSR count). The summed E-state index contributed by atoms with van der Waals surface area (Å²) in [6, 6.07) is 0. The molecule has 0 aromatic heterocycles. The molecule has 0 aromatic rings. The Morgan fingerprint density at radius 3 is 2.54 bits per heavy atom. The van der Waals surface area contributed by atoms with Crippen LogP contribution in [-0.4, -0.2) is 37.5 Å². The fourth-order valence-corrected chi connectivity index (χ4v) is 2.06. The van der Waals surface area contributed by atoms with Gasteiger partial charge in [0.2, 0.25) is 0 Å². The zero-order chi connectivity index (χ0) is 10.1. The zero-order valence-corrected chi connectivity index (χ0v) is 8.50. The van der Waals surface area contributed by atoms with Gasteiger partial charge in [-0.3, -0.25) is 0 Å². The van der Waals surface area contributed by atoms with Gasteiger partial charge in [-0.2, -0.15) is 12.7 Å². The molecule has 0 bridgehead atoms. The topological polar surface area (TPSA) is 83.6 Å². The predicted molar refractivity (Wildman–Crippen MR) is 49.1 cm³/mol. The quantitative estimate of drug-likeness (QED) is 0.642. The van der Waals surface area contributed by atoms with Crippen molar-refractivity contribution in [1.29, 1.82) is 0 Å². The third-order valence-corrected chi connectivity index (χ3v) is 3.56. The molecule has 2 atom stereocenters. The Balaban J connectivity index is 2.49. The van der Waals surface area contributed by atoms with Crippen molar-refractivity contribution in [2.75, 3.05) is 13.6 Å². The zero-order valence-electron chi connectivity index (χ0n) is 7.68. The first-order valence-electron chi connectivity index (χ1n) is 4.33. The standard InChI is InChI=1S/C7H16N2O3S/c1-9(13(8,11)12)5-6-3-2-4-7(6)10/h6-7,10H,2-5H2,1H3,(H2,8,11,12). The van der Waals surface area contributed by atoms with Gasteiger partial charge in [-0.05, 0) is 18.8 Å². The largest absolute Gasteiger partial charge is 0.393 e. The molecule has 13 heavy (non-hydrogen) atoms. The molecule has 1 fully saturated rings. The lowest BCUT2D eigenvalue weighted by molar-refractivity contribution is 0.123. The van der Waals surface area contributed by atoms with Gasteiger partial charge >= 0.3 is 0 Å². The van der Waals surface area contributed by atoms with Crippen LogP contribution in [0.1, 0.15) is 19.3 Å². The molecular formula is C7H16N2O3S. The van der Waals surface area contributed by atoms with Crippen molar-refractivity contribution < 1.29 is 13.5 Å². The highest BCUT2D eigenvalue weighted by atomic mass is 32.2. The summed E-state index contributed by atoms with van der Waals surface area (Å²) in [5.74, 6) is 0.0447. The van der Waals surface area contributed by atoms with E-state index in [0.29, 0.717) is 6.54 Å². The number of nitrogens with two attached hydrogens (primary N) is 1. The van der Waals surface area contributed by atoms with Crippen LogP contribution in [0.5, 0.6) is 0 Å². The highest BCUT2D eigenvalue weighted by molar-refractivity contribution is 7.86. The van der Waals surface area contributed by atoms with Crippen LogP contribution in [0.4, 0.5) is 0 Å². The Morgan fingerprint density at radius 2 is 2.15 bits per heavy atom. The van der Waals surface area contributed by atoms with E-state index in [4.69, 9.17) is 5.14 Å². The first-order valence-corrected chi connectivity index (χ1v) is 5.83. The summed E-state index contributed by atoms with van der Waals surface area (Å²) in [6.45, 7) is 0.319. The second-order valence-electron chi connectivity index (χ2n) is 3.58. The van der Waals surface area contributed by atoms with Crippen molar-refractivity contribution in [3.8, 4) is 0 Å². The van der Waals surface area contributed by atoms with Gasteiger partial charge in [0.05, 0.1) is 6.10 Å². The van der Waals surface area contributed by atoms with E-state index < -0.39 is 10.2 Å². The molecule has 1 aliphatic carbocycles. The minimum atomic E-state index is -3.59. The molecular weight excluding hydrogens is 192 g/mol. The van der Waals surface area contributed by atoms with Crippen molar-refractivity contribution >= 4 is 10.2 Å². The molecule has 3 N–H and O–H groups in total. The third-order valence-electron chi connectivity index (χ3n) is 2.55. The maximum atomic E-state index is 10.8. The van der Waals surface area contributed by atoms with Crippen LogP contribution in [-0.2, 0) is 10.2 Å². The van der Waals surface area contributed by atoms with Crippen molar-refractivity contribution in [2.45, 2.75) is 25.4 Å². The number of rotatable bonds is 3. The fraction of sp³-hybridized carbons (Fsp3) is 1.00. The Morgan fingerprint density at radius 1 is 1.54 bits per heavy atom. The van der Waals surface area contributed by atoms with E-state index in [0.717, 1.165) is 23.6 Å². The summed E-state index contributed by atoms with van der Waals surface area (Å²) in [4.78, 5) is 0. The second-order valence-corrected chi connectivity index (χ2v) is 5.24. The lowest BCUT2D eigenvalue weighted by Gasteiger charge is -2.20. The first kappa shape index (κ1) is 10.9. The monoisotopic (exact) mass is 208 g/mol. The van der Waals surface area contributed by atoms with Gasteiger partial charge in [0.15, 0.2) is 0 Å². The molecule has 6 heteroatoms.